The van der Waals surface area contributed by atoms with E-state index in [0.717, 1.165) is 25.7 Å². The molecule has 16 atom stereocenters. The third-order valence-electron chi connectivity index (χ3n) is 12.9. The standard InChI is InChI=1S/C33H52O12S/c1-15(2)12-24-28(43-24)16(3)19-6-7-20-18-14-23(45-46(39,40)41)22-13-17(8-10-33(22,5)21(18)9-11-32(19,20)4)42-31-27(36)25(34)26(35)29(44-31)30(37)38/h9,15-20,22-29,31,34-36H,6-8,10-14H2,1-5H3,(H,37,38)(H,39,40,41)/p-2/t16-,17-,18-,19+,20-,22+,23-,24-,25-,26-,27+,28-,29-,31+,32+,33+/m0/s1. The van der Waals surface area contributed by atoms with Crippen molar-refractivity contribution >= 4 is 16.4 Å². The number of fused-ring (bicyclic) bond motifs is 5. The van der Waals surface area contributed by atoms with Crippen LogP contribution in [0, 0.1) is 46.3 Å². The molecular weight excluding hydrogens is 620 g/mol. The molecule has 0 aromatic carbocycles. The number of hydrogen-bond donors (Lipinski definition) is 3. The van der Waals surface area contributed by atoms with Gasteiger partial charge in [0.15, 0.2) is 6.29 Å². The number of rotatable bonds is 9. The van der Waals surface area contributed by atoms with E-state index in [0.29, 0.717) is 49.0 Å². The SMILES string of the molecule is CC(C)C[C@@H]1O[C@H]1[C@@H](C)[C@H]1CC[C@H]2[C@@H]3C[C@H](OS(=O)(=O)[O-])[C@H]4C[C@@H](O[C@@H]5O[C@H](C(=O)[O-])[C@@H](O)[C@H](O)[C@H]5O)CC[C@]4(C)C3=CC[C@]12C. The zero-order valence-corrected chi connectivity index (χ0v) is 28.1. The molecule has 2 saturated heterocycles. The van der Waals surface area contributed by atoms with Crippen LogP contribution in [0.3, 0.4) is 0 Å². The molecular formula is C33H50O12S-2. The van der Waals surface area contributed by atoms with Crippen molar-refractivity contribution in [3.8, 4) is 0 Å². The van der Waals surface area contributed by atoms with Crippen molar-refractivity contribution in [2.24, 2.45) is 46.3 Å². The van der Waals surface area contributed by atoms with Crippen molar-refractivity contribution in [1.82, 2.24) is 0 Å². The first-order valence-corrected chi connectivity index (χ1v) is 18.3. The molecule has 3 saturated carbocycles. The fourth-order valence-electron chi connectivity index (χ4n) is 10.6. The Morgan fingerprint density at radius 1 is 1.04 bits per heavy atom. The minimum absolute atomic E-state index is 0.0156. The van der Waals surface area contributed by atoms with Gasteiger partial charge in [-0.1, -0.05) is 46.3 Å². The molecule has 2 heterocycles. The molecule has 0 aromatic heterocycles. The summed E-state index contributed by atoms with van der Waals surface area (Å²) < 4.78 is 59.0. The van der Waals surface area contributed by atoms with Gasteiger partial charge < -0.3 is 44.0 Å². The van der Waals surface area contributed by atoms with Gasteiger partial charge in [-0.15, -0.1) is 0 Å². The van der Waals surface area contributed by atoms with Crippen LogP contribution in [-0.4, -0.2) is 89.4 Å². The van der Waals surface area contributed by atoms with Gasteiger partial charge in [0, 0.05) is 0 Å². The van der Waals surface area contributed by atoms with Crippen LogP contribution in [-0.2, 0) is 33.6 Å². The molecule has 0 bridgehead atoms. The third kappa shape index (κ3) is 6.10. The van der Waals surface area contributed by atoms with Gasteiger partial charge in [0.05, 0.1) is 30.4 Å². The Balaban J connectivity index is 1.23. The van der Waals surface area contributed by atoms with E-state index in [-0.39, 0.29) is 23.9 Å². The summed E-state index contributed by atoms with van der Waals surface area (Å²) in [5.41, 5.74) is 0.835. The molecule has 4 aliphatic carbocycles. The summed E-state index contributed by atoms with van der Waals surface area (Å²) in [6.07, 6.45) is -1.67. The summed E-state index contributed by atoms with van der Waals surface area (Å²) >= 11 is 0. The van der Waals surface area contributed by atoms with Gasteiger partial charge in [0.1, 0.15) is 24.4 Å². The van der Waals surface area contributed by atoms with Crippen molar-refractivity contribution in [3.05, 3.63) is 11.6 Å². The number of hydrogen-bond acceptors (Lipinski definition) is 12. The van der Waals surface area contributed by atoms with Gasteiger partial charge in [0.2, 0.25) is 10.4 Å². The smallest absolute Gasteiger partial charge is 0.217 e. The second-order valence-electron chi connectivity index (χ2n) is 15.9. The summed E-state index contributed by atoms with van der Waals surface area (Å²) in [7, 11) is -5.03. The van der Waals surface area contributed by atoms with E-state index in [4.69, 9.17) is 18.4 Å². The molecule has 0 aromatic rings. The molecule has 5 fully saturated rings. The molecule has 0 unspecified atom stereocenters. The average molecular weight is 671 g/mol. The molecule has 3 N–H and O–H groups in total. The van der Waals surface area contributed by atoms with E-state index in [9.17, 15) is 38.2 Å². The number of aliphatic hydroxyl groups excluding tert-OH is 3. The molecule has 46 heavy (non-hydrogen) atoms. The normalized spacial score (nSPS) is 49.4. The average Bonchev–Trinajstić information content (AvgIpc) is 3.62. The summed E-state index contributed by atoms with van der Waals surface area (Å²) in [5, 5.41) is 42.2. The Morgan fingerprint density at radius 2 is 1.76 bits per heavy atom. The number of carboxylic acids is 1. The van der Waals surface area contributed by atoms with Gasteiger partial charge >= 0.3 is 0 Å². The quantitative estimate of drug-likeness (QED) is 0.105. The maximum atomic E-state index is 12.1. The fraction of sp³-hybridized carbons (Fsp3) is 0.909. The van der Waals surface area contributed by atoms with Crippen LogP contribution >= 0.6 is 0 Å². The zero-order chi connectivity index (χ0) is 33.5. The highest BCUT2D eigenvalue weighted by Gasteiger charge is 2.62. The second kappa shape index (κ2) is 12.3. The minimum Gasteiger partial charge on any atom is -0.726 e. The van der Waals surface area contributed by atoms with Gasteiger partial charge in [-0.3, -0.25) is 4.18 Å². The number of carboxylic acid groups (broad SMARTS) is 1. The molecule has 6 rings (SSSR count). The number of epoxide rings is 1. The van der Waals surface area contributed by atoms with Crippen molar-refractivity contribution in [2.75, 3.05) is 0 Å². The maximum absolute atomic E-state index is 12.1. The largest absolute Gasteiger partial charge is 0.726 e. The summed E-state index contributed by atoms with van der Waals surface area (Å²) in [4.78, 5) is 11.5. The first-order valence-electron chi connectivity index (χ1n) is 17.0. The van der Waals surface area contributed by atoms with Gasteiger partial charge in [-0.05, 0) is 97.7 Å². The third-order valence-corrected chi connectivity index (χ3v) is 13.4. The molecule has 0 radical (unpaired) electrons. The highest BCUT2D eigenvalue weighted by molar-refractivity contribution is 7.80. The maximum Gasteiger partial charge on any atom is 0.217 e. The van der Waals surface area contributed by atoms with Crippen LogP contribution in [0.15, 0.2) is 11.6 Å². The highest BCUT2D eigenvalue weighted by Crippen LogP contribution is 2.67. The molecule has 262 valence electrons. The fourth-order valence-corrected chi connectivity index (χ4v) is 11.2. The Bertz CT molecular complexity index is 1300. The van der Waals surface area contributed by atoms with Gasteiger partial charge in [-0.25, -0.2) is 8.42 Å². The van der Waals surface area contributed by atoms with E-state index < -0.39 is 70.6 Å². The van der Waals surface area contributed by atoms with Gasteiger partial charge in [-0.2, -0.15) is 0 Å². The number of carbonyl (C=O) groups excluding carboxylic acids is 1. The number of allylic oxidation sites excluding steroid dienone is 2. The predicted octanol–water partition coefficient (Wildman–Crippen LogP) is 1.41. The molecule has 13 heteroatoms. The highest BCUT2D eigenvalue weighted by atomic mass is 32.3. The number of aliphatic hydroxyl groups is 3. The Morgan fingerprint density at radius 3 is 2.41 bits per heavy atom. The van der Waals surface area contributed by atoms with E-state index in [1.165, 1.54) is 5.57 Å². The first-order chi connectivity index (χ1) is 21.4. The van der Waals surface area contributed by atoms with Crippen LogP contribution in [0.2, 0.25) is 0 Å². The molecule has 0 spiro atoms. The van der Waals surface area contributed by atoms with Crippen molar-refractivity contribution < 1.29 is 56.6 Å². The Hall–Kier alpha value is -1.16. The van der Waals surface area contributed by atoms with Crippen molar-refractivity contribution in [2.45, 2.75) is 141 Å². The molecule has 12 nitrogen and oxygen atoms in total. The molecule has 2 aliphatic heterocycles. The Labute approximate surface area is 271 Å². The van der Waals surface area contributed by atoms with Crippen LogP contribution in [0.1, 0.15) is 86.0 Å². The summed E-state index contributed by atoms with van der Waals surface area (Å²) in [6, 6.07) is 0. The second-order valence-corrected chi connectivity index (χ2v) is 17.0. The van der Waals surface area contributed by atoms with E-state index >= 15 is 0 Å². The van der Waals surface area contributed by atoms with E-state index in [2.05, 4.69) is 40.7 Å². The molecule has 6 aliphatic rings. The monoisotopic (exact) mass is 670 g/mol. The van der Waals surface area contributed by atoms with Crippen LogP contribution in [0.5, 0.6) is 0 Å². The van der Waals surface area contributed by atoms with Crippen LogP contribution < -0.4 is 5.11 Å². The minimum atomic E-state index is -5.03. The first kappa shape index (κ1) is 34.7. The Kier molecular flexibility index (Phi) is 9.29. The zero-order valence-electron chi connectivity index (χ0n) is 27.3. The van der Waals surface area contributed by atoms with Gasteiger partial charge in [0.25, 0.3) is 0 Å². The van der Waals surface area contributed by atoms with E-state index in [1.54, 1.807) is 0 Å². The lowest BCUT2D eigenvalue weighted by Gasteiger charge is -2.59. The molecule has 0 amide bonds. The number of carbonyl (C=O) groups is 1. The van der Waals surface area contributed by atoms with Crippen LogP contribution in [0.25, 0.3) is 0 Å². The summed E-state index contributed by atoms with van der Waals surface area (Å²) in [5.74, 6) is -0.324. The van der Waals surface area contributed by atoms with Crippen molar-refractivity contribution in [1.29, 1.82) is 0 Å². The lowest BCUT2D eigenvalue weighted by atomic mass is 9.47. The van der Waals surface area contributed by atoms with Crippen LogP contribution in [0.4, 0.5) is 0 Å². The lowest BCUT2D eigenvalue weighted by molar-refractivity contribution is -0.354. The topological polar surface area (TPSA) is 198 Å². The summed E-state index contributed by atoms with van der Waals surface area (Å²) in [6.45, 7) is 11.2. The van der Waals surface area contributed by atoms with Crippen molar-refractivity contribution in [3.63, 3.8) is 0 Å². The number of ether oxygens (including phenoxy) is 3. The predicted molar refractivity (Wildman–Crippen MR) is 159 cm³/mol. The van der Waals surface area contributed by atoms with E-state index in [1.807, 2.05) is 0 Å². The lowest BCUT2D eigenvalue weighted by Crippen LogP contribution is -2.63. The number of aliphatic carboxylic acids is 1.